The molecule has 0 saturated heterocycles. The lowest BCUT2D eigenvalue weighted by Crippen LogP contribution is -2.29. The Morgan fingerprint density at radius 1 is 1.26 bits per heavy atom. The lowest BCUT2D eigenvalue weighted by atomic mass is 9.86. The molecule has 2 aliphatic carbocycles. The van der Waals surface area contributed by atoms with Gasteiger partial charge in [-0.15, -0.1) is 0 Å². The summed E-state index contributed by atoms with van der Waals surface area (Å²) < 4.78 is 0. The van der Waals surface area contributed by atoms with Crippen LogP contribution in [0.15, 0.2) is 24.3 Å². The van der Waals surface area contributed by atoms with Crippen molar-refractivity contribution in [2.24, 2.45) is 17.8 Å². The number of phenols is 1. The van der Waals surface area contributed by atoms with Crippen molar-refractivity contribution in [2.45, 2.75) is 32.1 Å². The lowest BCUT2D eigenvalue weighted by Gasteiger charge is -2.24. The summed E-state index contributed by atoms with van der Waals surface area (Å²) in [5.74, 6) is 2.72. The Morgan fingerprint density at radius 3 is 2.58 bits per heavy atom. The molecular weight excluding hydrogens is 238 g/mol. The third kappa shape index (κ3) is 2.46. The van der Waals surface area contributed by atoms with Gasteiger partial charge in [-0.1, -0.05) is 6.42 Å². The van der Waals surface area contributed by atoms with Gasteiger partial charge in [-0.25, -0.2) is 0 Å². The molecule has 1 N–H and O–H groups in total. The van der Waals surface area contributed by atoms with Gasteiger partial charge < -0.3 is 10.0 Å². The molecule has 2 saturated carbocycles. The Bertz CT molecular complexity index is 468. The largest absolute Gasteiger partial charge is 0.508 e. The number of aromatic hydroxyl groups is 1. The van der Waals surface area contributed by atoms with E-state index < -0.39 is 0 Å². The van der Waals surface area contributed by atoms with E-state index in [0.29, 0.717) is 12.3 Å². The van der Waals surface area contributed by atoms with Crippen LogP contribution in [0.1, 0.15) is 32.1 Å². The maximum atomic E-state index is 12.3. The smallest absolute Gasteiger partial charge is 0.227 e. The average Bonchev–Trinajstić information content (AvgIpc) is 3.01. The predicted molar refractivity (Wildman–Crippen MR) is 75.1 cm³/mol. The highest BCUT2D eigenvalue weighted by Gasteiger charge is 2.40. The summed E-state index contributed by atoms with van der Waals surface area (Å²) in [7, 11) is 1.82. The molecule has 102 valence electrons. The molecule has 2 aliphatic rings. The molecule has 1 amide bonds. The maximum absolute atomic E-state index is 12.3. The van der Waals surface area contributed by atoms with Gasteiger partial charge in [0.2, 0.25) is 5.91 Å². The van der Waals surface area contributed by atoms with E-state index in [1.54, 1.807) is 29.2 Å². The molecule has 0 aromatic heterocycles. The zero-order valence-corrected chi connectivity index (χ0v) is 11.4. The van der Waals surface area contributed by atoms with Crippen molar-refractivity contribution < 1.29 is 9.90 Å². The number of anilines is 1. The fourth-order valence-corrected chi connectivity index (χ4v) is 3.81. The van der Waals surface area contributed by atoms with Gasteiger partial charge in [0.1, 0.15) is 5.75 Å². The molecule has 2 bridgehead atoms. The first-order valence-corrected chi connectivity index (χ1v) is 7.19. The number of carbonyl (C=O) groups excluding carboxylic acids is 1. The van der Waals surface area contributed by atoms with Crippen molar-refractivity contribution in [3.63, 3.8) is 0 Å². The van der Waals surface area contributed by atoms with Gasteiger partial charge in [-0.2, -0.15) is 0 Å². The highest BCUT2D eigenvalue weighted by Crippen LogP contribution is 2.49. The molecular formula is C16H21NO2. The van der Waals surface area contributed by atoms with Crippen molar-refractivity contribution in [1.82, 2.24) is 0 Å². The number of carbonyl (C=O) groups is 1. The number of amides is 1. The first-order valence-electron chi connectivity index (χ1n) is 7.19. The zero-order valence-electron chi connectivity index (χ0n) is 11.4. The number of phenolic OH excluding ortho intramolecular Hbond substituents is 1. The van der Waals surface area contributed by atoms with Crippen LogP contribution >= 0.6 is 0 Å². The Morgan fingerprint density at radius 2 is 2.00 bits per heavy atom. The second-order valence-corrected chi connectivity index (χ2v) is 6.11. The first-order chi connectivity index (χ1) is 9.13. The summed E-state index contributed by atoms with van der Waals surface area (Å²) in [6.07, 6.45) is 5.98. The van der Waals surface area contributed by atoms with Crippen LogP contribution in [0, 0.1) is 17.8 Å². The van der Waals surface area contributed by atoms with Gasteiger partial charge in [-0.05, 0) is 61.3 Å². The Balaban J connectivity index is 1.62. The molecule has 0 radical (unpaired) electrons. The minimum atomic E-state index is 0.197. The molecule has 3 atom stereocenters. The Kier molecular flexibility index (Phi) is 3.21. The van der Waals surface area contributed by atoms with Crippen molar-refractivity contribution in [3.05, 3.63) is 24.3 Å². The Hall–Kier alpha value is -1.51. The summed E-state index contributed by atoms with van der Waals surface area (Å²) in [6.45, 7) is 0. The molecule has 2 fully saturated rings. The standard InChI is InChI=1S/C16H21NO2/c1-17(14-4-6-15(18)7-5-14)16(19)10-13-9-11-2-3-12(13)8-11/h4-7,11-13,18H,2-3,8-10H2,1H3. The van der Waals surface area contributed by atoms with E-state index >= 15 is 0 Å². The summed E-state index contributed by atoms with van der Waals surface area (Å²) in [6, 6.07) is 6.81. The molecule has 3 rings (SSSR count). The Labute approximate surface area is 114 Å². The fourth-order valence-electron chi connectivity index (χ4n) is 3.81. The van der Waals surface area contributed by atoms with E-state index in [1.807, 2.05) is 7.05 Å². The molecule has 19 heavy (non-hydrogen) atoms. The average molecular weight is 259 g/mol. The van der Waals surface area contributed by atoms with Gasteiger partial charge >= 0.3 is 0 Å². The summed E-state index contributed by atoms with van der Waals surface area (Å²) >= 11 is 0. The quantitative estimate of drug-likeness (QED) is 0.905. The normalized spacial score (nSPS) is 28.6. The molecule has 0 heterocycles. The van der Waals surface area contributed by atoms with Crippen LogP contribution in [0.5, 0.6) is 5.75 Å². The summed E-state index contributed by atoms with van der Waals surface area (Å²) in [5.41, 5.74) is 0.853. The van der Waals surface area contributed by atoms with E-state index in [4.69, 9.17) is 0 Å². The van der Waals surface area contributed by atoms with Crippen molar-refractivity contribution in [2.75, 3.05) is 11.9 Å². The third-order valence-corrected chi connectivity index (χ3v) is 4.93. The topological polar surface area (TPSA) is 40.5 Å². The summed E-state index contributed by atoms with van der Waals surface area (Å²) in [5, 5.41) is 9.27. The molecule has 1 aromatic carbocycles. The van der Waals surface area contributed by atoms with Crippen LogP contribution in [0.4, 0.5) is 5.69 Å². The van der Waals surface area contributed by atoms with E-state index in [2.05, 4.69) is 0 Å². The molecule has 1 aromatic rings. The monoisotopic (exact) mass is 259 g/mol. The van der Waals surface area contributed by atoms with Gasteiger partial charge in [0, 0.05) is 19.2 Å². The fraction of sp³-hybridized carbons (Fsp3) is 0.562. The van der Waals surface area contributed by atoms with Crippen LogP contribution in [-0.4, -0.2) is 18.1 Å². The van der Waals surface area contributed by atoms with Crippen LogP contribution in [0.2, 0.25) is 0 Å². The number of nitrogens with zero attached hydrogens (tertiary/aromatic N) is 1. The van der Waals surface area contributed by atoms with Crippen molar-refractivity contribution in [1.29, 1.82) is 0 Å². The van der Waals surface area contributed by atoms with E-state index in [-0.39, 0.29) is 11.7 Å². The highest BCUT2D eigenvalue weighted by molar-refractivity contribution is 5.93. The van der Waals surface area contributed by atoms with E-state index in [1.165, 1.54) is 25.7 Å². The van der Waals surface area contributed by atoms with E-state index in [9.17, 15) is 9.90 Å². The maximum Gasteiger partial charge on any atom is 0.227 e. The van der Waals surface area contributed by atoms with Gasteiger partial charge in [0.25, 0.3) is 0 Å². The number of benzene rings is 1. The highest BCUT2D eigenvalue weighted by atomic mass is 16.3. The van der Waals surface area contributed by atoms with Crippen LogP contribution in [-0.2, 0) is 4.79 Å². The molecule has 3 nitrogen and oxygen atoms in total. The number of rotatable bonds is 3. The molecule has 3 heteroatoms. The second kappa shape index (κ2) is 4.87. The number of fused-ring (bicyclic) bond motifs is 2. The first kappa shape index (κ1) is 12.5. The molecule has 0 aliphatic heterocycles. The number of hydrogen-bond donors (Lipinski definition) is 1. The van der Waals surface area contributed by atoms with Crippen molar-refractivity contribution >= 4 is 11.6 Å². The molecule has 0 spiro atoms. The summed E-state index contributed by atoms with van der Waals surface area (Å²) in [4.78, 5) is 14.0. The third-order valence-electron chi connectivity index (χ3n) is 4.93. The van der Waals surface area contributed by atoms with Gasteiger partial charge in [0.05, 0.1) is 0 Å². The predicted octanol–water partition coefficient (Wildman–Crippen LogP) is 3.18. The lowest BCUT2D eigenvalue weighted by molar-refractivity contribution is -0.119. The van der Waals surface area contributed by atoms with Crippen LogP contribution in [0.3, 0.4) is 0 Å². The SMILES string of the molecule is CN(C(=O)CC1CC2CCC1C2)c1ccc(O)cc1. The minimum absolute atomic E-state index is 0.197. The van der Waals surface area contributed by atoms with Crippen LogP contribution < -0.4 is 4.90 Å². The zero-order chi connectivity index (χ0) is 13.4. The van der Waals surface area contributed by atoms with Gasteiger partial charge in [-0.3, -0.25) is 4.79 Å². The van der Waals surface area contributed by atoms with Gasteiger partial charge in [0.15, 0.2) is 0 Å². The number of hydrogen-bond acceptors (Lipinski definition) is 2. The minimum Gasteiger partial charge on any atom is -0.508 e. The van der Waals surface area contributed by atoms with Crippen LogP contribution in [0.25, 0.3) is 0 Å². The molecule has 3 unspecified atom stereocenters. The second-order valence-electron chi connectivity index (χ2n) is 6.11. The van der Waals surface area contributed by atoms with Crippen molar-refractivity contribution in [3.8, 4) is 5.75 Å². The van der Waals surface area contributed by atoms with E-state index in [0.717, 1.165) is 17.5 Å².